The first-order valence-corrected chi connectivity index (χ1v) is 17.5. The number of ether oxygens (including phenoxy) is 2. The van der Waals surface area contributed by atoms with Crippen LogP contribution in [0.4, 0.5) is 8.78 Å². The number of thiophene rings is 1. The fourth-order valence-corrected chi connectivity index (χ4v) is 7.67. The normalized spacial score (nSPS) is 16.4. The summed E-state index contributed by atoms with van der Waals surface area (Å²) in [6.07, 6.45) is 4.50. The second kappa shape index (κ2) is 14.3. The van der Waals surface area contributed by atoms with Crippen molar-refractivity contribution >= 4 is 33.2 Å². The van der Waals surface area contributed by atoms with Crippen LogP contribution >= 0.6 is 11.3 Å². The Morgan fingerprint density at radius 2 is 1.82 bits per heavy atom. The highest BCUT2D eigenvalue weighted by Gasteiger charge is 2.32. The molecule has 0 spiro atoms. The molecule has 1 saturated heterocycles. The van der Waals surface area contributed by atoms with Crippen LogP contribution in [-0.4, -0.2) is 106 Å². The number of hydrogen-bond acceptors (Lipinski definition) is 9. The highest BCUT2D eigenvalue weighted by atomic mass is 32.1. The molecule has 0 radical (unpaired) electrons. The van der Waals surface area contributed by atoms with E-state index in [1.165, 1.54) is 24.5 Å². The van der Waals surface area contributed by atoms with Crippen LogP contribution in [0, 0.1) is 11.6 Å². The summed E-state index contributed by atoms with van der Waals surface area (Å²) in [4.78, 5) is 41.6. The van der Waals surface area contributed by atoms with Crippen molar-refractivity contribution in [3.63, 3.8) is 0 Å². The maximum absolute atomic E-state index is 16.2. The van der Waals surface area contributed by atoms with Gasteiger partial charge < -0.3 is 24.2 Å². The molecule has 51 heavy (non-hydrogen) atoms. The molecule has 2 amide bonds. The Labute approximate surface area is 297 Å². The minimum Gasteiger partial charge on any atom is -0.490 e. The summed E-state index contributed by atoms with van der Waals surface area (Å²) in [5, 5.41) is 7.49. The lowest BCUT2D eigenvalue weighted by atomic mass is 9.96. The average molecular weight is 714 g/mol. The van der Waals surface area contributed by atoms with E-state index >= 15 is 4.39 Å². The second-order valence-corrected chi connectivity index (χ2v) is 13.5. The van der Waals surface area contributed by atoms with Crippen molar-refractivity contribution in [2.24, 2.45) is 0 Å². The lowest BCUT2D eigenvalue weighted by Gasteiger charge is -2.33. The number of likely N-dealkylation sites (N-methyl/N-ethyl adjacent to an activating group) is 1. The van der Waals surface area contributed by atoms with E-state index in [4.69, 9.17) is 19.6 Å². The Bertz CT molecular complexity index is 2140. The van der Waals surface area contributed by atoms with E-state index in [0.29, 0.717) is 70.0 Å². The van der Waals surface area contributed by atoms with E-state index in [0.717, 1.165) is 30.9 Å². The van der Waals surface area contributed by atoms with Crippen LogP contribution in [0.2, 0.25) is 0 Å². The number of amides is 2. The molecule has 6 heterocycles. The summed E-state index contributed by atoms with van der Waals surface area (Å²) in [5.41, 5.74) is 3.50. The number of fused-ring (bicyclic) bond motifs is 2. The number of halogens is 2. The molecule has 264 valence electrons. The van der Waals surface area contributed by atoms with Gasteiger partial charge in [-0.1, -0.05) is 6.58 Å². The number of carbonyl (C=O) groups is 2. The molecule has 7 rings (SSSR count). The SMILES string of the molecule is C=CC(=O)N1CCn2nc(-c3nc(-c4cncc(C(=O)N5CCN(C)CC5)c4)c4ccsc4c3-c3c(F)cc(F)cc3OCCOC)cc2C1C. The van der Waals surface area contributed by atoms with Crippen LogP contribution in [0.5, 0.6) is 5.75 Å². The second-order valence-electron chi connectivity index (χ2n) is 12.6. The zero-order valence-corrected chi connectivity index (χ0v) is 29.4. The van der Waals surface area contributed by atoms with Crippen molar-refractivity contribution in [3.8, 4) is 39.5 Å². The van der Waals surface area contributed by atoms with Crippen molar-refractivity contribution in [3.05, 3.63) is 83.7 Å². The van der Waals surface area contributed by atoms with Gasteiger partial charge in [-0.25, -0.2) is 13.8 Å². The zero-order chi connectivity index (χ0) is 35.8. The topological polar surface area (TPSA) is 106 Å². The Balaban J connectivity index is 1.43. The van der Waals surface area contributed by atoms with Gasteiger partial charge >= 0.3 is 0 Å². The van der Waals surface area contributed by atoms with Gasteiger partial charge in [-0.3, -0.25) is 19.3 Å². The van der Waals surface area contributed by atoms with Crippen molar-refractivity contribution in [1.29, 1.82) is 0 Å². The predicted octanol–water partition coefficient (Wildman–Crippen LogP) is 5.67. The summed E-state index contributed by atoms with van der Waals surface area (Å²) in [6, 6.07) is 7.17. The summed E-state index contributed by atoms with van der Waals surface area (Å²) < 4.78 is 44.4. The standard InChI is InChI=1S/C37H37F2N7O4S/c1-5-31(47)45-11-12-46-29(22(45)2)19-28(42-46)35-33(32-27(39)17-25(38)18-30(32)50-14-13-49-4)36-26(6-15-51-36)34(41-35)23-16-24(21-40-20-23)37(48)44-9-7-43(3)8-10-44/h5-6,15-22H,1,7-14H2,2-4H3. The van der Waals surface area contributed by atoms with Crippen molar-refractivity contribution in [2.45, 2.75) is 19.5 Å². The number of carbonyl (C=O) groups excluding carboxylic acids is 2. The highest BCUT2D eigenvalue weighted by Crippen LogP contribution is 2.47. The maximum atomic E-state index is 16.2. The molecule has 2 aliphatic heterocycles. The van der Waals surface area contributed by atoms with E-state index in [1.807, 2.05) is 41.1 Å². The van der Waals surface area contributed by atoms with E-state index in [-0.39, 0.29) is 42.4 Å². The van der Waals surface area contributed by atoms with Crippen LogP contribution < -0.4 is 4.74 Å². The van der Waals surface area contributed by atoms with E-state index in [9.17, 15) is 14.0 Å². The lowest BCUT2D eigenvalue weighted by molar-refractivity contribution is -0.129. The summed E-state index contributed by atoms with van der Waals surface area (Å²) in [7, 11) is 3.55. The van der Waals surface area contributed by atoms with Crippen LogP contribution in [0.15, 0.2) is 60.8 Å². The van der Waals surface area contributed by atoms with Crippen molar-refractivity contribution < 1.29 is 27.8 Å². The molecule has 1 aromatic carbocycles. The van der Waals surface area contributed by atoms with Gasteiger partial charge in [-0.15, -0.1) is 11.3 Å². The maximum Gasteiger partial charge on any atom is 0.255 e. The first-order valence-electron chi connectivity index (χ1n) is 16.6. The fraction of sp³-hybridized carbons (Fsp3) is 0.324. The third-order valence-electron chi connectivity index (χ3n) is 9.43. The molecule has 4 aromatic heterocycles. The van der Waals surface area contributed by atoms with E-state index in [2.05, 4.69) is 16.5 Å². The minimum atomic E-state index is -0.825. The number of rotatable bonds is 9. The Hall–Kier alpha value is -5.05. The van der Waals surface area contributed by atoms with Gasteiger partial charge in [0, 0.05) is 85.6 Å². The highest BCUT2D eigenvalue weighted by molar-refractivity contribution is 7.18. The number of benzene rings is 1. The molecular weight excluding hydrogens is 677 g/mol. The minimum absolute atomic E-state index is 0.00316. The quantitative estimate of drug-likeness (QED) is 0.142. The summed E-state index contributed by atoms with van der Waals surface area (Å²) >= 11 is 1.37. The Kier molecular flexibility index (Phi) is 9.64. The van der Waals surface area contributed by atoms with Crippen LogP contribution in [-0.2, 0) is 16.1 Å². The lowest BCUT2D eigenvalue weighted by Crippen LogP contribution is -2.47. The molecule has 0 N–H and O–H groups in total. The van der Waals surface area contributed by atoms with Crippen LogP contribution in [0.25, 0.3) is 43.9 Å². The molecule has 1 unspecified atom stereocenters. The Morgan fingerprint density at radius 1 is 1.02 bits per heavy atom. The van der Waals surface area contributed by atoms with Gasteiger partial charge in [0.2, 0.25) is 5.91 Å². The number of pyridine rings is 2. The van der Waals surface area contributed by atoms with Gasteiger partial charge in [0.15, 0.2) is 0 Å². The van der Waals surface area contributed by atoms with Crippen LogP contribution in [0.3, 0.4) is 0 Å². The monoisotopic (exact) mass is 713 g/mol. The first kappa shape index (κ1) is 34.4. The Morgan fingerprint density at radius 3 is 2.59 bits per heavy atom. The molecule has 14 heteroatoms. The molecular formula is C37H37F2N7O4S. The van der Waals surface area contributed by atoms with Gasteiger partial charge in [-0.05, 0) is 43.6 Å². The largest absolute Gasteiger partial charge is 0.490 e. The first-order chi connectivity index (χ1) is 24.7. The smallest absolute Gasteiger partial charge is 0.255 e. The third-order valence-corrected chi connectivity index (χ3v) is 10.4. The summed E-state index contributed by atoms with van der Waals surface area (Å²) in [6.45, 7) is 9.48. The molecule has 2 aliphatic rings. The van der Waals surface area contributed by atoms with E-state index in [1.54, 1.807) is 23.4 Å². The van der Waals surface area contributed by atoms with Gasteiger partial charge in [0.25, 0.3) is 5.91 Å². The molecule has 0 saturated carbocycles. The predicted molar refractivity (Wildman–Crippen MR) is 191 cm³/mol. The number of piperazine rings is 1. The number of methoxy groups -OCH3 is 1. The number of hydrogen-bond donors (Lipinski definition) is 0. The molecule has 0 bridgehead atoms. The molecule has 11 nitrogen and oxygen atoms in total. The van der Waals surface area contributed by atoms with E-state index < -0.39 is 11.6 Å². The average Bonchev–Trinajstić information content (AvgIpc) is 3.80. The number of aromatic nitrogens is 4. The summed E-state index contributed by atoms with van der Waals surface area (Å²) in [5.74, 6) is -1.92. The van der Waals surface area contributed by atoms with Gasteiger partial charge in [0.1, 0.15) is 35.4 Å². The number of nitrogens with zero attached hydrogens (tertiary/aromatic N) is 7. The molecule has 5 aromatic rings. The molecule has 1 fully saturated rings. The van der Waals surface area contributed by atoms with Crippen molar-refractivity contribution in [2.75, 3.05) is 60.1 Å². The third kappa shape index (κ3) is 6.50. The fourth-order valence-electron chi connectivity index (χ4n) is 6.72. The van der Waals surface area contributed by atoms with Gasteiger partial charge in [0.05, 0.1) is 41.7 Å². The molecule has 1 atom stereocenters. The van der Waals surface area contributed by atoms with Crippen LogP contribution in [0.1, 0.15) is 29.0 Å². The van der Waals surface area contributed by atoms with Gasteiger partial charge in [-0.2, -0.15) is 5.10 Å². The zero-order valence-electron chi connectivity index (χ0n) is 28.6. The van der Waals surface area contributed by atoms with Crippen molar-refractivity contribution in [1.82, 2.24) is 34.4 Å². The molecule has 0 aliphatic carbocycles.